The Morgan fingerprint density at radius 2 is 1.30 bits per heavy atom. The highest BCUT2D eigenvalue weighted by atomic mass is 16.3. The third-order valence-corrected chi connectivity index (χ3v) is 7.54. The van der Waals surface area contributed by atoms with Gasteiger partial charge in [0.15, 0.2) is 0 Å². The summed E-state index contributed by atoms with van der Waals surface area (Å²) in [5, 5.41) is 20.7. The van der Waals surface area contributed by atoms with Crippen molar-refractivity contribution in [3.05, 3.63) is 108 Å². The van der Waals surface area contributed by atoms with Crippen LogP contribution in [0.5, 0.6) is 0 Å². The number of rotatable bonds is 17. The summed E-state index contributed by atoms with van der Waals surface area (Å²) < 4.78 is 0. The molecule has 0 aliphatic heterocycles. The minimum atomic E-state index is -1.09. The van der Waals surface area contributed by atoms with Gasteiger partial charge in [-0.15, -0.1) is 0 Å². The Morgan fingerprint density at radius 1 is 0.723 bits per heavy atom. The van der Waals surface area contributed by atoms with Crippen molar-refractivity contribution in [3.63, 3.8) is 0 Å². The van der Waals surface area contributed by atoms with Gasteiger partial charge in [-0.25, -0.2) is 0 Å². The first kappa shape index (κ1) is 36.4. The number of aliphatic hydroxyl groups excluding tert-OH is 1. The molecule has 0 radical (unpaired) electrons. The molecule has 4 atom stereocenters. The van der Waals surface area contributed by atoms with E-state index < -0.39 is 47.9 Å². The number of amides is 5. The van der Waals surface area contributed by atoms with Gasteiger partial charge in [0.25, 0.3) is 5.91 Å². The Bertz CT molecular complexity index is 1450. The Kier molecular flexibility index (Phi) is 14.6. The molecule has 11 nitrogen and oxygen atoms in total. The van der Waals surface area contributed by atoms with Crippen molar-refractivity contribution < 1.29 is 29.1 Å². The van der Waals surface area contributed by atoms with Gasteiger partial charge in [0, 0.05) is 39.0 Å². The molecule has 0 spiro atoms. The quantitative estimate of drug-likeness (QED) is 0.142. The Hall–Kier alpha value is -5.03. The zero-order chi connectivity index (χ0) is 34.2. The van der Waals surface area contributed by atoms with Gasteiger partial charge in [-0.05, 0) is 49.4 Å². The normalized spacial score (nSPS) is 13.3. The number of hydrogen-bond acceptors (Lipinski definition) is 6. The molecule has 0 aliphatic carbocycles. The van der Waals surface area contributed by atoms with E-state index in [1.54, 1.807) is 42.3 Å². The molecular formula is C36H45N5O6. The maximum absolute atomic E-state index is 13.8. The second kappa shape index (κ2) is 18.8. The highest BCUT2D eigenvalue weighted by molar-refractivity contribution is 5.98. The van der Waals surface area contributed by atoms with Crippen LogP contribution in [-0.4, -0.2) is 77.4 Å². The summed E-state index contributed by atoms with van der Waals surface area (Å²) in [6.07, 6.45) is 0.304. The van der Waals surface area contributed by atoms with E-state index in [0.717, 1.165) is 11.1 Å². The van der Waals surface area contributed by atoms with Crippen molar-refractivity contribution in [2.24, 2.45) is 0 Å². The molecule has 0 aliphatic rings. The fraction of sp³-hybridized carbons (Fsp3) is 0.361. The highest BCUT2D eigenvalue weighted by Crippen LogP contribution is 2.11. The number of aliphatic hydroxyl groups is 1. The van der Waals surface area contributed by atoms with Gasteiger partial charge in [0.1, 0.15) is 18.1 Å². The van der Waals surface area contributed by atoms with Crippen LogP contribution < -0.4 is 21.3 Å². The van der Waals surface area contributed by atoms with E-state index in [1.165, 1.54) is 13.8 Å². The number of nitrogens with zero attached hydrogens (tertiary/aromatic N) is 1. The van der Waals surface area contributed by atoms with Gasteiger partial charge >= 0.3 is 0 Å². The molecule has 3 rings (SSSR count). The third-order valence-electron chi connectivity index (χ3n) is 7.54. The van der Waals surface area contributed by atoms with Crippen molar-refractivity contribution in [2.45, 2.75) is 70.3 Å². The lowest BCUT2D eigenvalue weighted by Gasteiger charge is -2.27. The lowest BCUT2D eigenvalue weighted by molar-refractivity contribution is -0.136. The minimum absolute atomic E-state index is 0.224. The predicted octanol–water partition coefficient (Wildman–Crippen LogP) is 2.34. The molecule has 3 aromatic carbocycles. The molecule has 0 fully saturated rings. The van der Waals surface area contributed by atoms with Gasteiger partial charge < -0.3 is 31.3 Å². The zero-order valence-corrected chi connectivity index (χ0v) is 27.1. The van der Waals surface area contributed by atoms with Crippen LogP contribution in [-0.2, 0) is 32.1 Å². The number of likely N-dealkylation sites (N-methyl/N-ethyl adjacent to an activating group) is 1. The maximum atomic E-state index is 13.8. The van der Waals surface area contributed by atoms with Crippen LogP contribution in [0.15, 0.2) is 91.0 Å². The number of nitrogens with one attached hydrogen (secondary N) is 4. The van der Waals surface area contributed by atoms with E-state index in [2.05, 4.69) is 21.3 Å². The molecule has 0 bridgehead atoms. The van der Waals surface area contributed by atoms with Crippen molar-refractivity contribution in [2.75, 3.05) is 13.6 Å². The first-order valence-corrected chi connectivity index (χ1v) is 15.8. The van der Waals surface area contributed by atoms with Gasteiger partial charge in [-0.1, -0.05) is 78.9 Å². The third kappa shape index (κ3) is 12.4. The number of carbonyl (C=O) groups is 5. The largest absolute Gasteiger partial charge is 0.391 e. The Balaban J connectivity index is 1.72. The van der Waals surface area contributed by atoms with Gasteiger partial charge in [-0.2, -0.15) is 0 Å². The molecule has 11 heteroatoms. The summed E-state index contributed by atoms with van der Waals surface area (Å²) in [5.74, 6) is -2.16. The first-order chi connectivity index (χ1) is 22.5. The molecule has 5 N–H and O–H groups in total. The van der Waals surface area contributed by atoms with Crippen LogP contribution in [0.25, 0.3) is 0 Å². The average Bonchev–Trinajstić information content (AvgIpc) is 3.06. The Morgan fingerprint density at radius 3 is 1.87 bits per heavy atom. The molecule has 0 aromatic heterocycles. The molecule has 3 aromatic rings. The smallest absolute Gasteiger partial charge is 0.251 e. The van der Waals surface area contributed by atoms with E-state index in [-0.39, 0.29) is 25.3 Å². The van der Waals surface area contributed by atoms with E-state index in [1.807, 2.05) is 60.7 Å². The van der Waals surface area contributed by atoms with Crippen LogP contribution in [0.4, 0.5) is 0 Å². The van der Waals surface area contributed by atoms with Crippen LogP contribution in [0.1, 0.15) is 54.6 Å². The summed E-state index contributed by atoms with van der Waals surface area (Å²) >= 11 is 0. The van der Waals surface area contributed by atoms with Crippen LogP contribution in [0.2, 0.25) is 0 Å². The van der Waals surface area contributed by atoms with Crippen molar-refractivity contribution in [3.8, 4) is 0 Å². The lowest BCUT2D eigenvalue weighted by Crippen LogP contribution is -2.54. The summed E-state index contributed by atoms with van der Waals surface area (Å²) in [5.41, 5.74) is 2.21. The standard InChI is InChI=1S/C36H45N5O6/c1-25(42)32(38-26(2)43)35(46)37-22-14-13-21-30(39-33(44)29-19-11-6-12-20-29)34(45)40-31(23-27-15-7-4-8-16-27)36(47)41(3)24-28-17-9-5-10-18-28/h4-12,15-20,25,30-32,42H,13-14,21-24H2,1-3H3,(H,37,46)(H,38,43)(H,39,44)(H,40,45)/t25?,30?,31-,32?/m1/s1. The lowest BCUT2D eigenvalue weighted by atomic mass is 10.0. The van der Waals surface area contributed by atoms with Crippen molar-refractivity contribution in [1.82, 2.24) is 26.2 Å². The first-order valence-electron chi connectivity index (χ1n) is 15.8. The number of hydrogen-bond donors (Lipinski definition) is 5. The maximum Gasteiger partial charge on any atom is 0.251 e. The molecule has 3 unspecified atom stereocenters. The average molecular weight is 644 g/mol. The summed E-state index contributed by atoms with van der Waals surface area (Å²) in [4.78, 5) is 66.1. The molecule has 5 amide bonds. The highest BCUT2D eigenvalue weighted by Gasteiger charge is 2.29. The topological polar surface area (TPSA) is 157 Å². The van der Waals surface area contributed by atoms with Gasteiger partial charge in [-0.3, -0.25) is 24.0 Å². The fourth-order valence-electron chi connectivity index (χ4n) is 5.04. The number of unbranched alkanes of at least 4 members (excludes halogenated alkanes) is 1. The minimum Gasteiger partial charge on any atom is -0.391 e. The molecule has 250 valence electrons. The molecule has 47 heavy (non-hydrogen) atoms. The fourth-order valence-corrected chi connectivity index (χ4v) is 5.04. The Labute approximate surface area is 276 Å². The van der Waals surface area contributed by atoms with E-state index in [0.29, 0.717) is 24.9 Å². The second-order valence-corrected chi connectivity index (χ2v) is 11.5. The van der Waals surface area contributed by atoms with Crippen LogP contribution in [0, 0.1) is 0 Å². The molecular weight excluding hydrogens is 598 g/mol. The van der Waals surface area contributed by atoms with Gasteiger partial charge in [0.05, 0.1) is 6.10 Å². The molecule has 0 saturated heterocycles. The summed E-state index contributed by atoms with van der Waals surface area (Å²) in [6.45, 7) is 3.26. The SMILES string of the molecule is CC(=O)NC(C(=O)NCCCCC(NC(=O)c1ccccc1)C(=O)N[C@H](Cc1ccccc1)C(=O)N(C)Cc1ccccc1)C(C)O. The molecule has 0 heterocycles. The summed E-state index contributed by atoms with van der Waals surface area (Å²) in [6, 6.07) is 24.5. The predicted molar refractivity (Wildman–Crippen MR) is 179 cm³/mol. The number of carbonyl (C=O) groups excluding carboxylic acids is 5. The van der Waals surface area contributed by atoms with Crippen LogP contribution in [0.3, 0.4) is 0 Å². The monoisotopic (exact) mass is 643 g/mol. The van der Waals surface area contributed by atoms with Gasteiger partial charge in [0.2, 0.25) is 23.6 Å². The van der Waals surface area contributed by atoms with Crippen molar-refractivity contribution in [1.29, 1.82) is 0 Å². The van der Waals surface area contributed by atoms with Crippen molar-refractivity contribution >= 4 is 29.5 Å². The number of benzene rings is 3. The summed E-state index contributed by atoms with van der Waals surface area (Å²) in [7, 11) is 1.69. The zero-order valence-electron chi connectivity index (χ0n) is 27.1. The van der Waals surface area contributed by atoms with Crippen LogP contribution >= 0.6 is 0 Å². The molecule has 0 saturated carbocycles. The van der Waals surface area contributed by atoms with E-state index in [4.69, 9.17) is 0 Å². The van der Waals surface area contributed by atoms with E-state index in [9.17, 15) is 29.1 Å². The second-order valence-electron chi connectivity index (χ2n) is 11.5. The van der Waals surface area contributed by atoms with E-state index >= 15 is 0 Å².